The molecule has 0 aliphatic rings. The number of carboxylic acid groups (broad SMARTS) is 1. The number of nitrogens with zero attached hydrogens (tertiary/aromatic N) is 1. The molecule has 10 heteroatoms. The summed E-state index contributed by atoms with van der Waals surface area (Å²) in [5.41, 5.74) is -2.07. The van der Waals surface area contributed by atoms with E-state index in [1.807, 2.05) is 5.32 Å². The number of rotatable bonds is 6. The Hall–Kier alpha value is -2.62. The smallest absolute Gasteiger partial charge is 0.332 e. The fourth-order valence-corrected chi connectivity index (χ4v) is 1.41. The third-order valence-corrected chi connectivity index (χ3v) is 2.45. The number of nitro benzene ring substituents is 1. The van der Waals surface area contributed by atoms with Gasteiger partial charge in [-0.3, -0.25) is 14.9 Å². The number of carbonyl (C=O) groups is 2. The van der Waals surface area contributed by atoms with E-state index in [-0.39, 0.29) is 13.0 Å². The van der Waals surface area contributed by atoms with Crippen molar-refractivity contribution in [3.8, 4) is 0 Å². The number of hydrogen-bond acceptors (Lipinski definition) is 5. The van der Waals surface area contributed by atoms with Gasteiger partial charge < -0.3 is 15.5 Å². The Morgan fingerprint density at radius 1 is 1.38 bits per heavy atom. The molecule has 0 aliphatic heterocycles. The van der Waals surface area contributed by atoms with Gasteiger partial charge in [0, 0.05) is 13.0 Å². The number of aliphatic hydroxyl groups is 1. The number of carboxylic acids is 1. The molecule has 1 rings (SSSR count). The maximum atomic E-state index is 13.7. The third-order valence-electron chi connectivity index (χ3n) is 2.45. The van der Waals surface area contributed by atoms with E-state index in [9.17, 15) is 28.5 Å². The predicted octanol–water partition coefficient (Wildman–Crippen LogP) is 0.438. The Labute approximate surface area is 116 Å². The minimum absolute atomic E-state index is 0.334. The number of nitrogens with one attached hydrogen (secondary N) is 1. The van der Waals surface area contributed by atoms with Crippen LogP contribution in [0.2, 0.25) is 0 Å². The fourth-order valence-electron chi connectivity index (χ4n) is 1.41. The number of amides is 1. The normalized spacial score (nSPS) is 11.8. The van der Waals surface area contributed by atoms with E-state index in [1.165, 1.54) is 0 Å². The van der Waals surface area contributed by atoms with Gasteiger partial charge in [-0.1, -0.05) is 0 Å². The Kier molecular flexibility index (Phi) is 5.24. The van der Waals surface area contributed by atoms with E-state index >= 15 is 0 Å². The van der Waals surface area contributed by atoms with Gasteiger partial charge >= 0.3 is 11.7 Å². The van der Waals surface area contributed by atoms with Crippen molar-refractivity contribution in [2.45, 2.75) is 12.5 Å². The first kappa shape index (κ1) is 16.4. The minimum atomic E-state index is -1.73. The summed E-state index contributed by atoms with van der Waals surface area (Å²) in [6.07, 6.45) is -2.09. The molecule has 0 heterocycles. The zero-order chi connectivity index (χ0) is 16.2. The summed E-state index contributed by atoms with van der Waals surface area (Å²) in [4.78, 5) is 31.2. The quantitative estimate of drug-likeness (QED) is 0.516. The van der Waals surface area contributed by atoms with Gasteiger partial charge in [-0.2, -0.15) is 4.39 Å². The number of carbonyl (C=O) groups excluding carboxylic acids is 1. The van der Waals surface area contributed by atoms with Crippen molar-refractivity contribution in [1.82, 2.24) is 5.32 Å². The SMILES string of the molecule is O=C(NCC[C@H](O)C(=O)O)c1cc(F)cc([N+](=O)[O-])c1F. The first-order valence-electron chi connectivity index (χ1n) is 5.56. The summed E-state index contributed by atoms with van der Waals surface area (Å²) in [5.74, 6) is -5.33. The summed E-state index contributed by atoms with van der Waals surface area (Å²) < 4.78 is 26.8. The summed E-state index contributed by atoms with van der Waals surface area (Å²) in [5, 5.41) is 29.9. The molecule has 8 nitrogen and oxygen atoms in total. The second-order valence-corrected chi connectivity index (χ2v) is 3.94. The molecular formula is C11H10F2N2O6. The van der Waals surface area contributed by atoms with Crippen molar-refractivity contribution in [3.05, 3.63) is 39.4 Å². The van der Waals surface area contributed by atoms with E-state index in [0.29, 0.717) is 12.1 Å². The van der Waals surface area contributed by atoms with Crippen molar-refractivity contribution in [2.24, 2.45) is 0 Å². The summed E-state index contributed by atoms with van der Waals surface area (Å²) in [7, 11) is 0. The average Bonchev–Trinajstić information content (AvgIpc) is 2.40. The van der Waals surface area contributed by atoms with Gasteiger partial charge in [0.25, 0.3) is 5.91 Å². The van der Waals surface area contributed by atoms with Gasteiger partial charge in [0.2, 0.25) is 5.82 Å². The lowest BCUT2D eigenvalue weighted by Gasteiger charge is -2.08. The molecule has 1 atom stereocenters. The second kappa shape index (κ2) is 6.70. The number of hydrogen-bond donors (Lipinski definition) is 3. The van der Waals surface area contributed by atoms with Crippen molar-refractivity contribution in [3.63, 3.8) is 0 Å². The molecule has 0 aliphatic carbocycles. The maximum Gasteiger partial charge on any atom is 0.332 e. The molecular weight excluding hydrogens is 294 g/mol. The van der Waals surface area contributed by atoms with Crippen LogP contribution in [0.25, 0.3) is 0 Å². The zero-order valence-corrected chi connectivity index (χ0v) is 10.4. The largest absolute Gasteiger partial charge is 0.479 e. The first-order valence-corrected chi connectivity index (χ1v) is 5.56. The van der Waals surface area contributed by atoms with Crippen LogP contribution in [0.4, 0.5) is 14.5 Å². The summed E-state index contributed by atoms with van der Waals surface area (Å²) in [6, 6.07) is 0.811. The number of halogens is 2. The van der Waals surface area contributed by atoms with E-state index in [0.717, 1.165) is 0 Å². The second-order valence-electron chi connectivity index (χ2n) is 3.94. The molecule has 1 aromatic carbocycles. The molecule has 0 fully saturated rings. The molecule has 0 unspecified atom stereocenters. The number of nitro groups is 1. The van der Waals surface area contributed by atoms with Gasteiger partial charge in [-0.05, 0) is 6.07 Å². The standard InChI is InChI=1S/C11H10F2N2O6/c12-5-3-6(9(13)7(4-5)15(20)21)10(17)14-2-1-8(16)11(18)19/h3-4,8,16H,1-2H2,(H,14,17)(H,18,19)/t8-/m0/s1. The lowest BCUT2D eigenvalue weighted by Crippen LogP contribution is -2.30. The van der Waals surface area contributed by atoms with Gasteiger partial charge in [-0.15, -0.1) is 0 Å². The Bertz CT molecular complexity index is 592. The molecule has 0 saturated carbocycles. The van der Waals surface area contributed by atoms with Crippen molar-refractivity contribution in [2.75, 3.05) is 6.54 Å². The van der Waals surface area contributed by atoms with E-state index in [2.05, 4.69) is 0 Å². The molecule has 0 bridgehead atoms. The van der Waals surface area contributed by atoms with E-state index < -0.39 is 45.8 Å². The van der Waals surface area contributed by atoms with E-state index in [1.54, 1.807) is 0 Å². The van der Waals surface area contributed by atoms with Crippen molar-refractivity contribution < 1.29 is 33.5 Å². The van der Waals surface area contributed by atoms with Gasteiger partial charge in [0.15, 0.2) is 6.10 Å². The topological polar surface area (TPSA) is 130 Å². The van der Waals surface area contributed by atoms with Crippen LogP contribution in [0.3, 0.4) is 0 Å². The molecule has 0 spiro atoms. The van der Waals surface area contributed by atoms with Gasteiger partial charge in [-0.25, -0.2) is 9.18 Å². The van der Waals surface area contributed by atoms with Crippen LogP contribution < -0.4 is 5.32 Å². The van der Waals surface area contributed by atoms with Crippen LogP contribution in [0.15, 0.2) is 12.1 Å². The van der Waals surface area contributed by atoms with Crippen LogP contribution >= 0.6 is 0 Å². The molecule has 0 saturated heterocycles. The van der Waals surface area contributed by atoms with Gasteiger partial charge in [0.1, 0.15) is 5.82 Å². The molecule has 114 valence electrons. The van der Waals surface area contributed by atoms with Crippen molar-refractivity contribution in [1.29, 1.82) is 0 Å². The summed E-state index contributed by atoms with van der Waals surface area (Å²) >= 11 is 0. The lowest BCUT2D eigenvalue weighted by atomic mass is 10.1. The summed E-state index contributed by atoms with van der Waals surface area (Å²) in [6.45, 7) is -0.337. The van der Waals surface area contributed by atoms with Crippen molar-refractivity contribution >= 4 is 17.6 Å². The lowest BCUT2D eigenvalue weighted by molar-refractivity contribution is -0.387. The van der Waals surface area contributed by atoms with Crippen LogP contribution in [-0.2, 0) is 4.79 Å². The third kappa shape index (κ3) is 4.18. The molecule has 1 amide bonds. The monoisotopic (exact) mass is 304 g/mol. The maximum absolute atomic E-state index is 13.7. The number of aliphatic hydroxyl groups excluding tert-OH is 1. The molecule has 0 aromatic heterocycles. The number of aliphatic carboxylic acids is 1. The minimum Gasteiger partial charge on any atom is -0.479 e. The highest BCUT2D eigenvalue weighted by molar-refractivity contribution is 5.95. The highest BCUT2D eigenvalue weighted by Gasteiger charge is 2.24. The van der Waals surface area contributed by atoms with E-state index in [4.69, 9.17) is 10.2 Å². The Balaban J connectivity index is 2.83. The highest BCUT2D eigenvalue weighted by atomic mass is 19.1. The molecule has 21 heavy (non-hydrogen) atoms. The Morgan fingerprint density at radius 2 is 2.00 bits per heavy atom. The van der Waals surface area contributed by atoms with Gasteiger partial charge in [0.05, 0.1) is 16.6 Å². The fraction of sp³-hybridized carbons (Fsp3) is 0.273. The number of benzene rings is 1. The average molecular weight is 304 g/mol. The zero-order valence-electron chi connectivity index (χ0n) is 10.4. The first-order chi connectivity index (χ1) is 9.73. The van der Waals surface area contributed by atoms with Crippen LogP contribution in [-0.4, -0.2) is 39.7 Å². The van der Waals surface area contributed by atoms with Crippen LogP contribution in [0.5, 0.6) is 0 Å². The molecule has 1 aromatic rings. The molecule has 3 N–H and O–H groups in total. The molecule has 0 radical (unpaired) electrons. The predicted molar refractivity (Wildman–Crippen MR) is 63.6 cm³/mol. The Morgan fingerprint density at radius 3 is 2.52 bits per heavy atom. The highest BCUT2D eigenvalue weighted by Crippen LogP contribution is 2.22. The van der Waals surface area contributed by atoms with Crippen LogP contribution in [0.1, 0.15) is 16.8 Å². The van der Waals surface area contributed by atoms with Crippen LogP contribution in [0, 0.1) is 21.7 Å².